The number of amides is 1. The summed E-state index contributed by atoms with van der Waals surface area (Å²) in [5, 5.41) is 15.0. The molecule has 3 heterocycles. The molecule has 146 valence electrons. The molecule has 0 unspecified atom stereocenters. The SMILES string of the molecule is CNc1ncc(-c2nc3cc(OC)ccc3o2)c2cc(NC(=O)C3CC3)nnc12. The third kappa shape index (κ3) is 3.10. The van der Waals surface area contributed by atoms with Gasteiger partial charge in [0.1, 0.15) is 16.8 Å². The lowest BCUT2D eigenvalue weighted by Crippen LogP contribution is -2.14. The van der Waals surface area contributed by atoms with Gasteiger partial charge in [0, 0.05) is 30.6 Å². The van der Waals surface area contributed by atoms with Gasteiger partial charge < -0.3 is 19.8 Å². The minimum absolute atomic E-state index is 0.0305. The number of aromatic nitrogens is 4. The molecule has 9 nitrogen and oxygen atoms in total. The highest BCUT2D eigenvalue weighted by atomic mass is 16.5. The number of anilines is 2. The first-order valence-electron chi connectivity index (χ1n) is 9.26. The minimum atomic E-state index is -0.0305. The Labute approximate surface area is 165 Å². The number of pyridine rings is 1. The fourth-order valence-corrected chi connectivity index (χ4v) is 3.17. The molecular weight excluding hydrogens is 372 g/mol. The molecule has 2 N–H and O–H groups in total. The van der Waals surface area contributed by atoms with Crippen LogP contribution in [0.4, 0.5) is 11.6 Å². The molecule has 5 rings (SSSR count). The van der Waals surface area contributed by atoms with Crippen molar-refractivity contribution < 1.29 is 13.9 Å². The first-order chi connectivity index (χ1) is 14.2. The maximum atomic E-state index is 12.1. The molecule has 0 aliphatic heterocycles. The smallest absolute Gasteiger partial charge is 0.229 e. The second-order valence-corrected chi connectivity index (χ2v) is 6.88. The number of benzene rings is 1. The molecule has 1 aliphatic rings. The van der Waals surface area contributed by atoms with Gasteiger partial charge in [0.05, 0.1) is 12.7 Å². The van der Waals surface area contributed by atoms with Crippen molar-refractivity contribution in [3.63, 3.8) is 0 Å². The Morgan fingerprint density at radius 2 is 2.10 bits per heavy atom. The topological polar surface area (TPSA) is 115 Å². The molecule has 1 saturated carbocycles. The van der Waals surface area contributed by atoms with Crippen molar-refractivity contribution in [2.45, 2.75) is 12.8 Å². The molecule has 0 bridgehead atoms. The van der Waals surface area contributed by atoms with Crippen LogP contribution in [0.2, 0.25) is 0 Å². The molecule has 0 atom stereocenters. The van der Waals surface area contributed by atoms with Gasteiger partial charge in [-0.3, -0.25) is 4.79 Å². The Hall–Kier alpha value is -3.75. The van der Waals surface area contributed by atoms with Crippen LogP contribution < -0.4 is 15.4 Å². The lowest BCUT2D eigenvalue weighted by atomic mass is 10.1. The van der Waals surface area contributed by atoms with Crippen LogP contribution >= 0.6 is 0 Å². The van der Waals surface area contributed by atoms with Gasteiger partial charge in [0.25, 0.3) is 0 Å². The molecular formula is C20H18N6O3. The summed E-state index contributed by atoms with van der Waals surface area (Å²) < 4.78 is 11.2. The Kier molecular flexibility index (Phi) is 4.01. The van der Waals surface area contributed by atoms with Gasteiger partial charge in [0.2, 0.25) is 11.8 Å². The summed E-state index contributed by atoms with van der Waals surface area (Å²) in [6.07, 6.45) is 3.50. The van der Waals surface area contributed by atoms with E-state index >= 15 is 0 Å². The number of ether oxygens (including phenoxy) is 1. The van der Waals surface area contributed by atoms with E-state index in [-0.39, 0.29) is 11.8 Å². The first kappa shape index (κ1) is 17.4. The average Bonchev–Trinajstić information content (AvgIpc) is 3.51. The molecule has 1 fully saturated rings. The number of carbonyl (C=O) groups excluding carboxylic acids is 1. The van der Waals surface area contributed by atoms with Crippen molar-refractivity contribution in [3.05, 3.63) is 30.5 Å². The summed E-state index contributed by atoms with van der Waals surface area (Å²) in [6.45, 7) is 0. The second-order valence-electron chi connectivity index (χ2n) is 6.88. The number of oxazole rings is 1. The Morgan fingerprint density at radius 1 is 1.24 bits per heavy atom. The summed E-state index contributed by atoms with van der Waals surface area (Å²) in [5.41, 5.74) is 2.53. The van der Waals surface area contributed by atoms with E-state index in [0.717, 1.165) is 18.2 Å². The molecule has 0 saturated heterocycles. The van der Waals surface area contributed by atoms with Gasteiger partial charge in [-0.2, -0.15) is 0 Å². The fraction of sp³-hybridized carbons (Fsp3) is 0.250. The molecule has 29 heavy (non-hydrogen) atoms. The normalized spacial score (nSPS) is 13.6. The predicted molar refractivity (Wildman–Crippen MR) is 108 cm³/mol. The van der Waals surface area contributed by atoms with E-state index in [4.69, 9.17) is 9.15 Å². The molecule has 1 amide bonds. The lowest BCUT2D eigenvalue weighted by molar-refractivity contribution is -0.117. The largest absolute Gasteiger partial charge is 0.497 e. The summed E-state index contributed by atoms with van der Waals surface area (Å²) in [4.78, 5) is 21.1. The van der Waals surface area contributed by atoms with Gasteiger partial charge in [-0.05, 0) is 31.0 Å². The Bertz CT molecular complexity index is 1250. The Balaban J connectivity index is 1.64. The van der Waals surface area contributed by atoms with Crippen molar-refractivity contribution in [1.29, 1.82) is 0 Å². The third-order valence-corrected chi connectivity index (χ3v) is 4.89. The molecule has 9 heteroatoms. The van der Waals surface area contributed by atoms with Crippen LogP contribution in [0.15, 0.2) is 34.9 Å². The zero-order chi connectivity index (χ0) is 20.0. The zero-order valence-electron chi connectivity index (χ0n) is 15.9. The van der Waals surface area contributed by atoms with Crippen LogP contribution in [0, 0.1) is 5.92 Å². The van der Waals surface area contributed by atoms with Crippen LogP contribution in [-0.4, -0.2) is 40.2 Å². The number of methoxy groups -OCH3 is 1. The highest BCUT2D eigenvalue weighted by Crippen LogP contribution is 2.34. The van der Waals surface area contributed by atoms with E-state index < -0.39 is 0 Å². The molecule has 1 aromatic carbocycles. The Morgan fingerprint density at radius 3 is 2.86 bits per heavy atom. The van der Waals surface area contributed by atoms with Gasteiger partial charge in [-0.25, -0.2) is 9.97 Å². The average molecular weight is 390 g/mol. The zero-order valence-corrected chi connectivity index (χ0v) is 15.9. The van der Waals surface area contributed by atoms with Crippen LogP contribution in [0.1, 0.15) is 12.8 Å². The number of nitrogens with one attached hydrogen (secondary N) is 2. The van der Waals surface area contributed by atoms with Crippen LogP contribution in [0.3, 0.4) is 0 Å². The van der Waals surface area contributed by atoms with E-state index in [1.54, 1.807) is 32.5 Å². The van der Waals surface area contributed by atoms with E-state index in [2.05, 4.69) is 30.8 Å². The van der Waals surface area contributed by atoms with Crippen LogP contribution in [0.25, 0.3) is 33.5 Å². The molecule has 4 aromatic rings. The van der Waals surface area contributed by atoms with E-state index in [1.807, 2.05) is 12.1 Å². The number of nitrogens with zero attached hydrogens (tertiary/aromatic N) is 4. The van der Waals surface area contributed by atoms with Crippen molar-refractivity contribution >= 4 is 39.5 Å². The maximum absolute atomic E-state index is 12.1. The molecule has 3 aromatic heterocycles. The van der Waals surface area contributed by atoms with Crippen LogP contribution in [-0.2, 0) is 4.79 Å². The van der Waals surface area contributed by atoms with Gasteiger partial charge >= 0.3 is 0 Å². The summed E-state index contributed by atoms with van der Waals surface area (Å²) >= 11 is 0. The number of fused-ring (bicyclic) bond motifs is 2. The second kappa shape index (κ2) is 6.69. The maximum Gasteiger partial charge on any atom is 0.229 e. The van der Waals surface area contributed by atoms with Crippen LogP contribution in [0.5, 0.6) is 5.75 Å². The molecule has 0 radical (unpaired) electrons. The minimum Gasteiger partial charge on any atom is -0.497 e. The van der Waals surface area contributed by atoms with Gasteiger partial charge in [0.15, 0.2) is 17.2 Å². The quantitative estimate of drug-likeness (QED) is 0.534. The number of rotatable bonds is 5. The van der Waals surface area contributed by atoms with Crippen molar-refractivity contribution in [3.8, 4) is 17.2 Å². The summed E-state index contributed by atoms with van der Waals surface area (Å²) in [5.74, 6) is 2.11. The molecule has 1 aliphatic carbocycles. The van der Waals surface area contributed by atoms with Crippen molar-refractivity contribution in [2.75, 3.05) is 24.8 Å². The van der Waals surface area contributed by atoms with E-state index in [0.29, 0.717) is 45.5 Å². The number of hydrogen-bond acceptors (Lipinski definition) is 8. The van der Waals surface area contributed by atoms with E-state index in [1.165, 1.54) is 0 Å². The lowest BCUT2D eigenvalue weighted by Gasteiger charge is -2.09. The van der Waals surface area contributed by atoms with Crippen molar-refractivity contribution in [1.82, 2.24) is 20.2 Å². The monoisotopic (exact) mass is 390 g/mol. The van der Waals surface area contributed by atoms with E-state index in [9.17, 15) is 4.79 Å². The number of carbonyl (C=O) groups is 1. The first-order valence-corrected chi connectivity index (χ1v) is 9.26. The fourth-order valence-electron chi connectivity index (χ4n) is 3.17. The number of hydrogen-bond donors (Lipinski definition) is 2. The van der Waals surface area contributed by atoms with Gasteiger partial charge in [-0.15, -0.1) is 10.2 Å². The van der Waals surface area contributed by atoms with Crippen molar-refractivity contribution in [2.24, 2.45) is 5.92 Å². The van der Waals surface area contributed by atoms with Gasteiger partial charge in [-0.1, -0.05) is 0 Å². The predicted octanol–water partition coefficient (Wildman–Crippen LogP) is 3.23. The summed E-state index contributed by atoms with van der Waals surface area (Å²) in [6, 6.07) is 7.20. The standard InChI is InChI=1S/C20H18N6O3/c1-21-18-17-12(8-16(25-26-17)24-19(27)10-3-4-10)13(9-22-18)20-23-14-7-11(28-2)5-6-15(14)29-20/h5-10H,3-4H2,1-2H3,(H,21,22)(H,24,25,27). The highest BCUT2D eigenvalue weighted by Gasteiger charge is 2.30. The highest BCUT2D eigenvalue weighted by molar-refractivity contribution is 6.01. The summed E-state index contributed by atoms with van der Waals surface area (Å²) in [7, 11) is 3.36. The third-order valence-electron chi connectivity index (χ3n) is 4.89. The molecule has 0 spiro atoms.